The van der Waals surface area contributed by atoms with Crippen LogP contribution >= 0.6 is 12.4 Å². The summed E-state index contributed by atoms with van der Waals surface area (Å²) in [4.78, 5) is 45.1. The Bertz CT molecular complexity index is 1250. The third-order valence-electron chi connectivity index (χ3n) is 5.47. The highest BCUT2D eigenvalue weighted by Gasteiger charge is 2.25. The smallest absolute Gasteiger partial charge is 0.326 e. The summed E-state index contributed by atoms with van der Waals surface area (Å²) < 4.78 is 1.80. The highest BCUT2D eigenvalue weighted by atomic mass is 35.5. The zero-order valence-corrected chi connectivity index (χ0v) is 18.5. The first-order valence-electron chi connectivity index (χ1n) is 10.3. The Balaban J connectivity index is 0.00000306. The molecule has 1 aromatic carbocycles. The lowest BCUT2D eigenvalue weighted by atomic mass is 10.0. The number of aromatic amines is 1. The van der Waals surface area contributed by atoms with Gasteiger partial charge in [0.1, 0.15) is 0 Å². The van der Waals surface area contributed by atoms with Crippen molar-refractivity contribution in [3.05, 3.63) is 76.5 Å². The predicted octanol–water partition coefficient (Wildman–Crippen LogP) is 2.54. The number of carbonyl (C=O) groups excluding carboxylic acids is 2. The van der Waals surface area contributed by atoms with Crippen molar-refractivity contribution in [2.75, 3.05) is 13.1 Å². The van der Waals surface area contributed by atoms with Crippen LogP contribution in [0, 0.1) is 0 Å². The van der Waals surface area contributed by atoms with Gasteiger partial charge in [-0.2, -0.15) is 0 Å². The van der Waals surface area contributed by atoms with E-state index in [0.29, 0.717) is 37.3 Å². The molecule has 1 aliphatic heterocycles. The Morgan fingerprint density at radius 2 is 1.70 bits per heavy atom. The molecule has 0 bridgehead atoms. The standard InChI is InChI=1S/C23H23N5O4.ClH/c29-21(26-32)10-8-16-4-3-5-17(24-16)9-11-22(30)27-14-12-18(13-15-27)28-20-7-2-1-6-19(20)25-23(28)31;/h1-11,18,32H,12-15H2,(H,25,31)(H,26,29);1H/b10-8+,11-9+;. The molecule has 1 fully saturated rings. The molecule has 0 saturated carbocycles. The number of hydrogen-bond acceptors (Lipinski definition) is 5. The summed E-state index contributed by atoms with van der Waals surface area (Å²) in [6.45, 7) is 1.12. The largest absolute Gasteiger partial charge is 0.339 e. The summed E-state index contributed by atoms with van der Waals surface area (Å²) >= 11 is 0. The number of nitrogens with zero attached hydrogens (tertiary/aromatic N) is 3. The van der Waals surface area contributed by atoms with Gasteiger partial charge in [-0.3, -0.25) is 19.4 Å². The molecule has 33 heavy (non-hydrogen) atoms. The fourth-order valence-corrected chi connectivity index (χ4v) is 3.90. The number of halogens is 1. The van der Waals surface area contributed by atoms with Crippen LogP contribution in [-0.2, 0) is 9.59 Å². The van der Waals surface area contributed by atoms with Crippen molar-refractivity contribution in [2.24, 2.45) is 0 Å². The second-order valence-electron chi connectivity index (χ2n) is 7.50. The third-order valence-corrected chi connectivity index (χ3v) is 5.47. The average molecular weight is 470 g/mol. The topological polar surface area (TPSA) is 120 Å². The van der Waals surface area contributed by atoms with Crippen LogP contribution < -0.4 is 11.2 Å². The number of para-hydroxylation sites is 2. The van der Waals surface area contributed by atoms with Crippen LogP contribution in [0.25, 0.3) is 23.2 Å². The number of piperidine rings is 1. The van der Waals surface area contributed by atoms with Crippen LogP contribution in [0.15, 0.2) is 59.4 Å². The number of likely N-dealkylation sites (tertiary alicyclic amines) is 1. The molecule has 0 aliphatic carbocycles. The van der Waals surface area contributed by atoms with E-state index in [1.165, 1.54) is 17.6 Å². The van der Waals surface area contributed by atoms with Crippen LogP contribution in [0.5, 0.6) is 0 Å². The molecule has 3 aromatic rings. The summed E-state index contributed by atoms with van der Waals surface area (Å²) in [7, 11) is 0. The molecule has 1 aliphatic rings. The second-order valence-corrected chi connectivity index (χ2v) is 7.50. The van der Waals surface area contributed by atoms with Gasteiger partial charge in [-0.25, -0.2) is 15.3 Å². The lowest BCUT2D eigenvalue weighted by molar-refractivity contribution is -0.127. The quantitative estimate of drug-likeness (QED) is 0.301. The van der Waals surface area contributed by atoms with Gasteiger partial charge in [0, 0.05) is 31.3 Å². The van der Waals surface area contributed by atoms with E-state index in [-0.39, 0.29) is 30.0 Å². The molecule has 1 saturated heterocycles. The fraction of sp³-hybridized carbons (Fsp3) is 0.217. The number of H-pyrrole nitrogens is 1. The van der Waals surface area contributed by atoms with Crippen LogP contribution in [0.2, 0.25) is 0 Å². The number of hydrogen-bond donors (Lipinski definition) is 3. The summed E-state index contributed by atoms with van der Waals surface area (Å²) in [5, 5.41) is 8.52. The molecule has 0 radical (unpaired) electrons. The zero-order chi connectivity index (χ0) is 22.5. The molecular formula is C23H24ClN5O4. The van der Waals surface area contributed by atoms with Gasteiger partial charge in [0.25, 0.3) is 5.91 Å². The summed E-state index contributed by atoms with van der Waals surface area (Å²) in [5.41, 5.74) is 4.20. The molecule has 0 spiro atoms. The molecule has 0 atom stereocenters. The molecule has 4 rings (SSSR count). The van der Waals surface area contributed by atoms with E-state index >= 15 is 0 Å². The van der Waals surface area contributed by atoms with E-state index in [4.69, 9.17) is 5.21 Å². The Labute approximate surface area is 195 Å². The van der Waals surface area contributed by atoms with Crippen LogP contribution in [0.4, 0.5) is 0 Å². The minimum atomic E-state index is -0.652. The summed E-state index contributed by atoms with van der Waals surface area (Å²) in [6.07, 6.45) is 7.13. The molecule has 9 nitrogen and oxygen atoms in total. The van der Waals surface area contributed by atoms with Gasteiger partial charge in [-0.1, -0.05) is 18.2 Å². The fourth-order valence-electron chi connectivity index (χ4n) is 3.90. The van der Waals surface area contributed by atoms with Gasteiger partial charge in [-0.05, 0) is 49.3 Å². The molecular weight excluding hydrogens is 446 g/mol. The first kappa shape index (κ1) is 24.0. The van der Waals surface area contributed by atoms with Gasteiger partial charge in [-0.15, -0.1) is 12.4 Å². The van der Waals surface area contributed by atoms with Crippen molar-refractivity contribution < 1.29 is 14.8 Å². The summed E-state index contributed by atoms with van der Waals surface area (Å²) in [6, 6.07) is 12.9. The Morgan fingerprint density at radius 1 is 1.03 bits per heavy atom. The van der Waals surface area contributed by atoms with Crippen molar-refractivity contribution in [3.8, 4) is 0 Å². The molecule has 172 valence electrons. The Morgan fingerprint density at radius 3 is 2.39 bits per heavy atom. The van der Waals surface area contributed by atoms with E-state index in [2.05, 4.69) is 9.97 Å². The van der Waals surface area contributed by atoms with E-state index in [1.807, 2.05) is 24.3 Å². The highest BCUT2D eigenvalue weighted by molar-refractivity contribution is 5.92. The number of pyridine rings is 1. The van der Waals surface area contributed by atoms with E-state index in [9.17, 15) is 14.4 Å². The van der Waals surface area contributed by atoms with Gasteiger partial charge in [0.05, 0.1) is 22.4 Å². The number of aromatic nitrogens is 3. The maximum Gasteiger partial charge on any atom is 0.326 e. The lowest BCUT2D eigenvalue weighted by Gasteiger charge is -2.32. The van der Waals surface area contributed by atoms with Crippen molar-refractivity contribution in [1.29, 1.82) is 0 Å². The van der Waals surface area contributed by atoms with Gasteiger partial charge < -0.3 is 9.88 Å². The van der Waals surface area contributed by atoms with Crippen molar-refractivity contribution >= 4 is 47.4 Å². The Kier molecular flexibility index (Phi) is 7.81. The first-order valence-corrected chi connectivity index (χ1v) is 10.3. The van der Waals surface area contributed by atoms with Crippen molar-refractivity contribution in [1.82, 2.24) is 24.9 Å². The number of nitrogens with one attached hydrogen (secondary N) is 2. The monoisotopic (exact) mass is 469 g/mol. The number of benzene rings is 1. The SMILES string of the molecule is Cl.O=C(/C=C/c1cccc(/C=C/C(=O)N2CCC(n3c(=O)[nH]c4ccccc43)CC2)n1)NO. The van der Waals surface area contributed by atoms with E-state index in [1.54, 1.807) is 33.7 Å². The molecule has 2 amide bonds. The average Bonchev–Trinajstić information content (AvgIpc) is 3.17. The highest BCUT2D eigenvalue weighted by Crippen LogP contribution is 2.25. The minimum absolute atomic E-state index is 0. The summed E-state index contributed by atoms with van der Waals surface area (Å²) in [5.74, 6) is -0.765. The van der Waals surface area contributed by atoms with Gasteiger partial charge >= 0.3 is 5.69 Å². The first-order chi connectivity index (χ1) is 15.5. The van der Waals surface area contributed by atoms with Gasteiger partial charge in [0.2, 0.25) is 5.91 Å². The number of imidazole rings is 1. The van der Waals surface area contributed by atoms with Crippen molar-refractivity contribution in [2.45, 2.75) is 18.9 Å². The normalized spacial score (nSPS) is 14.6. The Hall–Kier alpha value is -3.69. The lowest BCUT2D eigenvalue weighted by Crippen LogP contribution is -2.39. The number of amides is 2. The number of carbonyl (C=O) groups is 2. The molecule has 3 N–H and O–H groups in total. The van der Waals surface area contributed by atoms with Crippen LogP contribution in [0.3, 0.4) is 0 Å². The number of fused-ring (bicyclic) bond motifs is 1. The van der Waals surface area contributed by atoms with Gasteiger partial charge in [0.15, 0.2) is 0 Å². The maximum atomic E-state index is 12.6. The maximum absolute atomic E-state index is 12.6. The van der Waals surface area contributed by atoms with Crippen LogP contribution in [0.1, 0.15) is 30.3 Å². The minimum Gasteiger partial charge on any atom is -0.339 e. The van der Waals surface area contributed by atoms with Crippen LogP contribution in [-0.4, -0.2) is 49.5 Å². The molecule has 2 aromatic heterocycles. The van der Waals surface area contributed by atoms with E-state index < -0.39 is 5.91 Å². The molecule has 0 unspecified atom stereocenters. The zero-order valence-electron chi connectivity index (χ0n) is 17.7. The number of hydroxylamine groups is 1. The molecule has 3 heterocycles. The molecule has 10 heteroatoms. The third kappa shape index (κ3) is 5.57. The predicted molar refractivity (Wildman–Crippen MR) is 127 cm³/mol. The number of rotatable bonds is 5. The second kappa shape index (κ2) is 10.8. The van der Waals surface area contributed by atoms with E-state index in [0.717, 1.165) is 17.1 Å². The van der Waals surface area contributed by atoms with Crippen molar-refractivity contribution in [3.63, 3.8) is 0 Å².